The number of anilines is 1. The van der Waals surface area contributed by atoms with Crippen molar-refractivity contribution in [1.29, 1.82) is 0 Å². The zero-order valence-corrected chi connectivity index (χ0v) is 19.9. The Morgan fingerprint density at radius 3 is 2.45 bits per heavy atom. The van der Waals surface area contributed by atoms with Crippen molar-refractivity contribution >= 4 is 11.8 Å². The molecule has 0 aromatic carbocycles. The number of pyridine rings is 1. The predicted octanol–water partition coefficient (Wildman–Crippen LogP) is 2.40. The van der Waals surface area contributed by atoms with Gasteiger partial charge in [0, 0.05) is 45.5 Å². The molecule has 1 aromatic rings. The molecule has 1 aromatic heterocycles. The van der Waals surface area contributed by atoms with Gasteiger partial charge in [-0.3, -0.25) is 0 Å². The van der Waals surface area contributed by atoms with E-state index in [2.05, 4.69) is 58.2 Å². The minimum Gasteiger partial charge on any atom is -0.357 e. The molecule has 0 spiro atoms. The van der Waals surface area contributed by atoms with Crippen LogP contribution in [0, 0.1) is 5.92 Å². The molecule has 2 fully saturated rings. The second-order valence-corrected chi connectivity index (χ2v) is 8.95. The van der Waals surface area contributed by atoms with Crippen molar-refractivity contribution in [2.24, 2.45) is 10.9 Å². The van der Waals surface area contributed by atoms with Gasteiger partial charge in [-0.05, 0) is 69.9 Å². The maximum Gasteiger partial charge on any atom is 0.191 e. The van der Waals surface area contributed by atoms with Gasteiger partial charge in [0.2, 0.25) is 0 Å². The molecular weight excluding hydrogens is 386 g/mol. The lowest BCUT2D eigenvalue weighted by atomic mass is 9.99. The van der Waals surface area contributed by atoms with Crippen LogP contribution in [0.25, 0.3) is 0 Å². The average molecular weight is 430 g/mol. The van der Waals surface area contributed by atoms with Crippen molar-refractivity contribution < 1.29 is 0 Å². The molecule has 7 heteroatoms. The van der Waals surface area contributed by atoms with Crippen molar-refractivity contribution in [2.45, 2.75) is 46.6 Å². The molecule has 7 nitrogen and oxygen atoms in total. The Bertz CT molecular complexity index is 644. The number of nitrogens with one attached hydrogen (secondary N) is 2. The summed E-state index contributed by atoms with van der Waals surface area (Å²) in [5.41, 5.74) is 1.15. The fourth-order valence-electron chi connectivity index (χ4n) is 4.30. The van der Waals surface area contributed by atoms with Gasteiger partial charge in [0.15, 0.2) is 5.96 Å². The maximum atomic E-state index is 4.76. The number of likely N-dealkylation sites (tertiary alicyclic amines) is 1. The van der Waals surface area contributed by atoms with E-state index < -0.39 is 0 Å². The molecule has 0 aliphatic carbocycles. The maximum absolute atomic E-state index is 4.76. The van der Waals surface area contributed by atoms with Crippen molar-refractivity contribution in [3.05, 3.63) is 23.9 Å². The molecule has 0 unspecified atom stereocenters. The number of piperazine rings is 1. The van der Waals surface area contributed by atoms with Crippen LogP contribution in [-0.2, 0) is 6.54 Å². The van der Waals surface area contributed by atoms with Gasteiger partial charge in [0.1, 0.15) is 5.82 Å². The topological polar surface area (TPSA) is 59.0 Å². The third-order valence-corrected chi connectivity index (χ3v) is 6.54. The average Bonchev–Trinajstić information content (AvgIpc) is 2.82. The first-order valence-corrected chi connectivity index (χ1v) is 12.3. The summed E-state index contributed by atoms with van der Waals surface area (Å²) in [4.78, 5) is 16.9. The van der Waals surface area contributed by atoms with Crippen LogP contribution in [0.5, 0.6) is 0 Å². The van der Waals surface area contributed by atoms with Crippen molar-refractivity contribution in [3.8, 4) is 0 Å². The van der Waals surface area contributed by atoms with E-state index in [9.17, 15) is 0 Å². The lowest BCUT2D eigenvalue weighted by Gasteiger charge is -2.34. The minimum atomic E-state index is 0.649. The van der Waals surface area contributed by atoms with Crippen LogP contribution in [0.15, 0.2) is 23.3 Å². The Hall–Kier alpha value is -1.86. The first-order chi connectivity index (χ1) is 15.2. The third-order valence-electron chi connectivity index (χ3n) is 6.54. The number of piperidine rings is 1. The number of hydrogen-bond acceptors (Lipinski definition) is 5. The molecule has 2 aliphatic rings. The van der Waals surface area contributed by atoms with E-state index in [1.54, 1.807) is 0 Å². The first-order valence-electron chi connectivity index (χ1n) is 12.3. The normalized spacial score (nSPS) is 19.6. The molecule has 2 saturated heterocycles. The van der Waals surface area contributed by atoms with Crippen LogP contribution in [0.1, 0.15) is 45.6 Å². The van der Waals surface area contributed by atoms with Gasteiger partial charge >= 0.3 is 0 Å². The molecule has 0 saturated carbocycles. The van der Waals surface area contributed by atoms with Crippen molar-refractivity contribution in [2.75, 3.05) is 70.3 Å². The summed E-state index contributed by atoms with van der Waals surface area (Å²) < 4.78 is 0. The van der Waals surface area contributed by atoms with Gasteiger partial charge in [0.05, 0.1) is 6.54 Å². The van der Waals surface area contributed by atoms with Gasteiger partial charge < -0.3 is 25.3 Å². The van der Waals surface area contributed by atoms with Gasteiger partial charge in [0.25, 0.3) is 0 Å². The quantitative estimate of drug-likeness (QED) is 0.357. The van der Waals surface area contributed by atoms with E-state index in [-0.39, 0.29) is 0 Å². The van der Waals surface area contributed by atoms with Crippen LogP contribution in [-0.4, -0.2) is 86.2 Å². The highest BCUT2D eigenvalue weighted by molar-refractivity contribution is 5.79. The predicted molar refractivity (Wildman–Crippen MR) is 131 cm³/mol. The lowest BCUT2D eigenvalue weighted by Crippen LogP contribution is -2.46. The van der Waals surface area contributed by atoms with E-state index in [1.807, 2.05) is 6.20 Å². The van der Waals surface area contributed by atoms with Crippen LogP contribution >= 0.6 is 0 Å². The molecule has 3 heterocycles. The van der Waals surface area contributed by atoms with Gasteiger partial charge in [-0.1, -0.05) is 19.9 Å². The second kappa shape index (κ2) is 12.9. The van der Waals surface area contributed by atoms with Gasteiger partial charge in [-0.2, -0.15) is 0 Å². The molecule has 2 aliphatic heterocycles. The molecule has 3 rings (SSSR count). The summed E-state index contributed by atoms with van der Waals surface area (Å²) in [6, 6.07) is 4.31. The molecule has 0 atom stereocenters. The number of aliphatic imine (C=N–C) groups is 1. The Labute approximate surface area is 189 Å². The standard InChI is InChI=1S/C24H43N7/c1-4-25-24(26-11-6-12-30-13-9-21(3)10-14-30)28-20-22-7-8-23(27-19-22)31-17-15-29(5-2)16-18-31/h7-8,19,21H,4-6,9-18,20H2,1-3H3,(H2,25,26,28). The van der Waals surface area contributed by atoms with E-state index in [4.69, 9.17) is 9.98 Å². The summed E-state index contributed by atoms with van der Waals surface area (Å²) in [7, 11) is 0. The lowest BCUT2D eigenvalue weighted by molar-refractivity contribution is 0.191. The highest BCUT2D eigenvalue weighted by Gasteiger charge is 2.17. The SMILES string of the molecule is CCNC(=NCc1ccc(N2CCN(CC)CC2)nc1)NCCCN1CCC(C)CC1. The molecule has 2 N–H and O–H groups in total. The Morgan fingerprint density at radius 2 is 1.81 bits per heavy atom. The van der Waals surface area contributed by atoms with Crippen LogP contribution in [0.4, 0.5) is 5.82 Å². The smallest absolute Gasteiger partial charge is 0.191 e. The second-order valence-electron chi connectivity index (χ2n) is 8.95. The van der Waals surface area contributed by atoms with Gasteiger partial charge in [-0.15, -0.1) is 0 Å². The Balaban J connectivity index is 1.41. The number of nitrogens with zero attached hydrogens (tertiary/aromatic N) is 5. The summed E-state index contributed by atoms with van der Waals surface area (Å²) in [6.45, 7) is 18.4. The van der Waals surface area contributed by atoms with Crippen molar-refractivity contribution in [3.63, 3.8) is 0 Å². The number of rotatable bonds is 9. The number of aromatic nitrogens is 1. The van der Waals surface area contributed by atoms with Crippen LogP contribution in [0.2, 0.25) is 0 Å². The number of likely N-dealkylation sites (N-methyl/N-ethyl adjacent to an activating group) is 1. The summed E-state index contributed by atoms with van der Waals surface area (Å²) in [5, 5.41) is 6.85. The van der Waals surface area contributed by atoms with Crippen LogP contribution in [0.3, 0.4) is 0 Å². The molecule has 174 valence electrons. The number of hydrogen-bond donors (Lipinski definition) is 2. The molecule has 0 amide bonds. The summed E-state index contributed by atoms with van der Waals surface area (Å²) in [6.07, 6.45) is 5.82. The largest absolute Gasteiger partial charge is 0.357 e. The highest BCUT2D eigenvalue weighted by atomic mass is 15.3. The van der Waals surface area contributed by atoms with E-state index in [1.165, 1.54) is 32.5 Å². The molecule has 31 heavy (non-hydrogen) atoms. The van der Waals surface area contributed by atoms with E-state index >= 15 is 0 Å². The fourth-order valence-corrected chi connectivity index (χ4v) is 4.30. The summed E-state index contributed by atoms with van der Waals surface area (Å²) >= 11 is 0. The van der Waals surface area contributed by atoms with Crippen molar-refractivity contribution in [1.82, 2.24) is 25.4 Å². The fraction of sp³-hybridized carbons (Fsp3) is 0.750. The minimum absolute atomic E-state index is 0.649. The zero-order chi connectivity index (χ0) is 21.9. The molecule has 0 bridgehead atoms. The first kappa shape index (κ1) is 23.8. The van der Waals surface area contributed by atoms with E-state index in [0.717, 1.165) is 75.5 Å². The highest BCUT2D eigenvalue weighted by Crippen LogP contribution is 2.16. The summed E-state index contributed by atoms with van der Waals surface area (Å²) in [5.74, 6) is 2.88. The third kappa shape index (κ3) is 7.96. The van der Waals surface area contributed by atoms with E-state index in [0.29, 0.717) is 6.54 Å². The monoisotopic (exact) mass is 429 g/mol. The molecule has 0 radical (unpaired) electrons. The number of guanidine groups is 1. The van der Waals surface area contributed by atoms with Crippen LogP contribution < -0.4 is 15.5 Å². The molecular formula is C24H43N7. The Morgan fingerprint density at radius 1 is 1.03 bits per heavy atom. The zero-order valence-electron chi connectivity index (χ0n) is 19.9. The Kier molecular flexibility index (Phi) is 9.87. The van der Waals surface area contributed by atoms with Gasteiger partial charge in [-0.25, -0.2) is 9.98 Å².